The summed E-state index contributed by atoms with van der Waals surface area (Å²) in [5.41, 5.74) is 9.26. The second kappa shape index (κ2) is 5.09. The summed E-state index contributed by atoms with van der Waals surface area (Å²) in [5, 5.41) is 0.423. The summed E-state index contributed by atoms with van der Waals surface area (Å²) in [7, 11) is 0. The molecule has 0 bridgehead atoms. The van der Waals surface area contributed by atoms with Crippen molar-refractivity contribution >= 4 is 11.6 Å². The molecule has 1 unspecified atom stereocenters. The number of nitrogens with two attached hydrogens (primary N) is 1. The first kappa shape index (κ1) is 13.1. The fourth-order valence-electron chi connectivity index (χ4n) is 1.84. The van der Waals surface area contributed by atoms with E-state index in [9.17, 15) is 4.39 Å². The third-order valence-electron chi connectivity index (χ3n) is 3.00. The summed E-state index contributed by atoms with van der Waals surface area (Å²) in [6, 6.07) is 11.0. The van der Waals surface area contributed by atoms with Gasteiger partial charge in [0.1, 0.15) is 5.82 Å². The third-order valence-corrected chi connectivity index (χ3v) is 3.31. The van der Waals surface area contributed by atoms with Crippen molar-refractivity contribution in [3.8, 4) is 11.1 Å². The molecule has 0 heterocycles. The summed E-state index contributed by atoms with van der Waals surface area (Å²) >= 11 is 6.07. The summed E-state index contributed by atoms with van der Waals surface area (Å²) in [6.07, 6.45) is 0. The number of rotatable bonds is 2. The summed E-state index contributed by atoms with van der Waals surface area (Å²) in [6.45, 7) is 3.66. The molecule has 1 nitrogen and oxygen atoms in total. The molecule has 94 valence electrons. The Balaban J connectivity index is 2.46. The minimum absolute atomic E-state index is 0.00414. The van der Waals surface area contributed by atoms with Crippen LogP contribution in [-0.4, -0.2) is 0 Å². The molecule has 1 atom stereocenters. The Morgan fingerprint density at radius 1 is 1.17 bits per heavy atom. The van der Waals surface area contributed by atoms with E-state index in [1.165, 1.54) is 6.07 Å². The highest BCUT2D eigenvalue weighted by Crippen LogP contribution is 2.30. The monoisotopic (exact) mass is 263 g/mol. The van der Waals surface area contributed by atoms with Crippen molar-refractivity contribution in [1.82, 2.24) is 0 Å². The second-order valence-corrected chi connectivity index (χ2v) is 4.90. The average Bonchev–Trinajstić information content (AvgIpc) is 2.34. The zero-order chi connectivity index (χ0) is 13.3. The molecule has 2 aromatic rings. The van der Waals surface area contributed by atoms with Gasteiger partial charge in [0.2, 0.25) is 0 Å². The van der Waals surface area contributed by atoms with E-state index in [1.807, 2.05) is 31.2 Å². The van der Waals surface area contributed by atoms with Crippen LogP contribution in [0.1, 0.15) is 24.1 Å². The molecule has 0 amide bonds. The molecule has 18 heavy (non-hydrogen) atoms. The van der Waals surface area contributed by atoms with Crippen molar-refractivity contribution in [1.29, 1.82) is 0 Å². The van der Waals surface area contributed by atoms with Crippen LogP contribution in [-0.2, 0) is 0 Å². The van der Waals surface area contributed by atoms with Crippen LogP contribution in [0.25, 0.3) is 11.1 Å². The maximum atomic E-state index is 13.3. The van der Waals surface area contributed by atoms with E-state index in [1.54, 1.807) is 13.0 Å². The summed E-state index contributed by atoms with van der Waals surface area (Å²) < 4.78 is 13.3. The van der Waals surface area contributed by atoms with Gasteiger partial charge >= 0.3 is 0 Å². The standard InChI is InChI=1S/C15H15ClFN/c1-9-7-13(14(16)8-15(9)17)12-5-3-11(4-6-12)10(2)18/h3-8,10H,18H2,1-2H3. The van der Waals surface area contributed by atoms with Gasteiger partial charge in [0.15, 0.2) is 0 Å². The molecule has 0 fully saturated rings. The van der Waals surface area contributed by atoms with Crippen molar-refractivity contribution < 1.29 is 4.39 Å². The molecule has 0 aliphatic heterocycles. The van der Waals surface area contributed by atoms with Crippen LogP contribution in [0.4, 0.5) is 4.39 Å². The van der Waals surface area contributed by atoms with Crippen LogP contribution >= 0.6 is 11.6 Å². The van der Waals surface area contributed by atoms with Crippen LogP contribution in [0.5, 0.6) is 0 Å². The van der Waals surface area contributed by atoms with E-state index >= 15 is 0 Å². The largest absolute Gasteiger partial charge is 0.324 e. The number of aryl methyl sites for hydroxylation is 1. The first-order valence-electron chi connectivity index (χ1n) is 5.80. The molecule has 3 heteroatoms. The van der Waals surface area contributed by atoms with Crippen LogP contribution in [0, 0.1) is 12.7 Å². The van der Waals surface area contributed by atoms with Gasteiger partial charge < -0.3 is 5.73 Å². The molecule has 0 saturated carbocycles. The van der Waals surface area contributed by atoms with Gasteiger partial charge in [-0.25, -0.2) is 4.39 Å². The number of hydrogen-bond donors (Lipinski definition) is 1. The highest BCUT2D eigenvalue weighted by atomic mass is 35.5. The van der Waals surface area contributed by atoms with Gasteiger partial charge in [-0.05, 0) is 42.7 Å². The number of benzene rings is 2. The predicted octanol–water partition coefficient (Wildman–Crippen LogP) is 4.47. The van der Waals surface area contributed by atoms with Crippen molar-refractivity contribution in [3.05, 3.63) is 58.4 Å². The third kappa shape index (κ3) is 2.55. The molecule has 2 aromatic carbocycles. The summed E-state index contributed by atoms with van der Waals surface area (Å²) in [5.74, 6) is -0.282. The first-order valence-corrected chi connectivity index (χ1v) is 6.18. The Morgan fingerprint density at radius 2 is 1.78 bits per heavy atom. The Kier molecular flexibility index (Phi) is 3.69. The molecule has 2 N–H and O–H groups in total. The van der Waals surface area contributed by atoms with Crippen LogP contribution in [0.15, 0.2) is 36.4 Å². The molecule has 0 spiro atoms. The topological polar surface area (TPSA) is 26.0 Å². The Labute approximate surface area is 111 Å². The van der Waals surface area contributed by atoms with Crippen LogP contribution in [0.3, 0.4) is 0 Å². The highest BCUT2D eigenvalue weighted by Gasteiger charge is 2.08. The van der Waals surface area contributed by atoms with E-state index in [4.69, 9.17) is 17.3 Å². The van der Waals surface area contributed by atoms with E-state index in [-0.39, 0.29) is 11.9 Å². The van der Waals surface area contributed by atoms with E-state index in [0.29, 0.717) is 10.6 Å². The quantitative estimate of drug-likeness (QED) is 0.850. The van der Waals surface area contributed by atoms with Gasteiger partial charge in [-0.15, -0.1) is 0 Å². The molecule has 0 radical (unpaired) electrons. The van der Waals surface area contributed by atoms with Crippen molar-refractivity contribution in [3.63, 3.8) is 0 Å². The fourth-order valence-corrected chi connectivity index (χ4v) is 2.10. The molecule has 0 aliphatic carbocycles. The van der Waals surface area contributed by atoms with Gasteiger partial charge in [-0.2, -0.15) is 0 Å². The van der Waals surface area contributed by atoms with E-state index in [0.717, 1.165) is 16.7 Å². The molecule has 2 rings (SSSR count). The van der Waals surface area contributed by atoms with E-state index in [2.05, 4.69) is 0 Å². The Hall–Kier alpha value is -1.38. The van der Waals surface area contributed by atoms with Crippen molar-refractivity contribution in [2.45, 2.75) is 19.9 Å². The smallest absolute Gasteiger partial charge is 0.127 e. The lowest BCUT2D eigenvalue weighted by Gasteiger charge is -2.09. The van der Waals surface area contributed by atoms with Gasteiger partial charge in [0, 0.05) is 11.6 Å². The van der Waals surface area contributed by atoms with Crippen molar-refractivity contribution in [2.24, 2.45) is 5.73 Å². The lowest BCUT2D eigenvalue weighted by Crippen LogP contribution is -2.04. The number of halogens is 2. The molecular formula is C15H15ClFN. The Morgan fingerprint density at radius 3 is 2.33 bits per heavy atom. The lowest BCUT2D eigenvalue weighted by molar-refractivity contribution is 0.619. The lowest BCUT2D eigenvalue weighted by atomic mass is 10.00. The van der Waals surface area contributed by atoms with Gasteiger partial charge in [-0.1, -0.05) is 35.9 Å². The van der Waals surface area contributed by atoms with Gasteiger partial charge in [0.25, 0.3) is 0 Å². The van der Waals surface area contributed by atoms with Crippen molar-refractivity contribution in [2.75, 3.05) is 0 Å². The molecule has 0 aromatic heterocycles. The highest BCUT2D eigenvalue weighted by molar-refractivity contribution is 6.33. The predicted molar refractivity (Wildman–Crippen MR) is 74.2 cm³/mol. The maximum Gasteiger partial charge on any atom is 0.127 e. The van der Waals surface area contributed by atoms with Gasteiger partial charge in [0.05, 0.1) is 5.02 Å². The van der Waals surface area contributed by atoms with Gasteiger partial charge in [-0.3, -0.25) is 0 Å². The zero-order valence-corrected chi connectivity index (χ0v) is 11.1. The summed E-state index contributed by atoms with van der Waals surface area (Å²) in [4.78, 5) is 0. The minimum Gasteiger partial charge on any atom is -0.324 e. The van der Waals surface area contributed by atoms with Crippen LogP contribution < -0.4 is 5.73 Å². The second-order valence-electron chi connectivity index (χ2n) is 4.49. The average molecular weight is 264 g/mol. The Bertz CT molecular complexity index is 561. The molecular weight excluding hydrogens is 249 g/mol. The fraction of sp³-hybridized carbons (Fsp3) is 0.200. The minimum atomic E-state index is -0.282. The molecule has 0 saturated heterocycles. The van der Waals surface area contributed by atoms with Crippen LogP contribution in [0.2, 0.25) is 5.02 Å². The zero-order valence-electron chi connectivity index (χ0n) is 10.4. The normalized spacial score (nSPS) is 12.5. The first-order chi connectivity index (χ1) is 8.49. The maximum absolute atomic E-state index is 13.3. The number of hydrogen-bond acceptors (Lipinski definition) is 1. The van der Waals surface area contributed by atoms with E-state index < -0.39 is 0 Å². The SMILES string of the molecule is Cc1cc(-c2ccc(C(C)N)cc2)c(Cl)cc1F. The molecule has 0 aliphatic rings.